The molecule has 0 heterocycles. The van der Waals surface area contributed by atoms with Crippen LogP contribution in [0.5, 0.6) is 0 Å². The molecule has 0 atom stereocenters. The molecule has 0 saturated heterocycles. The van der Waals surface area contributed by atoms with Crippen LogP contribution >= 0.6 is 11.6 Å². The lowest BCUT2D eigenvalue weighted by molar-refractivity contribution is -0.113. The quantitative estimate of drug-likeness (QED) is 0.398. The Morgan fingerprint density at radius 2 is 2.14 bits per heavy atom. The number of hydrogen-bond acceptors (Lipinski definition) is 1. The van der Waals surface area contributed by atoms with Gasteiger partial charge in [-0.25, -0.2) is 0 Å². The van der Waals surface area contributed by atoms with Crippen LogP contribution in [0, 0.1) is 5.41 Å². The van der Waals surface area contributed by atoms with E-state index in [1.165, 1.54) is 0 Å². The van der Waals surface area contributed by atoms with Gasteiger partial charge in [0.1, 0.15) is 6.29 Å². The first kappa shape index (κ1) is 6.96. The van der Waals surface area contributed by atoms with Crippen LogP contribution in [-0.2, 0) is 4.79 Å². The lowest BCUT2D eigenvalue weighted by Gasteiger charge is -2.09. The van der Waals surface area contributed by atoms with Crippen LogP contribution in [0.3, 0.4) is 0 Å². The molecule has 0 N–H and O–H groups in total. The van der Waals surface area contributed by atoms with E-state index in [2.05, 4.69) is 0 Å². The van der Waals surface area contributed by atoms with E-state index in [4.69, 9.17) is 11.6 Å². The van der Waals surface area contributed by atoms with E-state index in [1.54, 1.807) is 13.8 Å². The first-order valence-corrected chi connectivity index (χ1v) is 2.68. The van der Waals surface area contributed by atoms with Gasteiger partial charge in [0.15, 0.2) is 0 Å². The Hall–Kier alpha value is -0.0400. The van der Waals surface area contributed by atoms with E-state index < -0.39 is 0 Å². The fraction of sp³-hybridized carbons (Fsp3) is 0.800. The third-order valence-corrected chi connectivity index (χ3v) is 1.35. The topological polar surface area (TPSA) is 17.1 Å². The highest BCUT2D eigenvalue weighted by molar-refractivity contribution is 6.19. The molecule has 0 aliphatic carbocycles. The fourth-order valence-corrected chi connectivity index (χ4v) is 0.0945. The van der Waals surface area contributed by atoms with E-state index in [9.17, 15) is 4.79 Å². The summed E-state index contributed by atoms with van der Waals surface area (Å²) < 4.78 is 0. The molecule has 0 amide bonds. The first-order chi connectivity index (χ1) is 3.12. The Morgan fingerprint density at radius 1 is 1.71 bits per heavy atom. The molecule has 7 heavy (non-hydrogen) atoms. The summed E-state index contributed by atoms with van der Waals surface area (Å²) >= 11 is 5.36. The summed E-state index contributed by atoms with van der Waals surface area (Å²) in [6.45, 7) is 3.60. The third kappa shape index (κ3) is 2.63. The fourth-order valence-electron chi connectivity index (χ4n) is 0.0315. The molecule has 2 heteroatoms. The second-order valence-corrected chi connectivity index (χ2v) is 2.51. The molecule has 0 aromatic carbocycles. The number of alkyl halides is 1. The van der Waals surface area contributed by atoms with Crippen molar-refractivity contribution in [2.75, 3.05) is 5.88 Å². The van der Waals surface area contributed by atoms with Gasteiger partial charge in [-0.05, 0) is 0 Å². The molecule has 0 rings (SSSR count). The SMILES string of the molecule is CC(C)(C=O)CCl. The minimum atomic E-state index is -0.332. The molecule has 0 bridgehead atoms. The van der Waals surface area contributed by atoms with E-state index in [1.807, 2.05) is 0 Å². The van der Waals surface area contributed by atoms with Crippen molar-refractivity contribution >= 4 is 17.9 Å². The van der Waals surface area contributed by atoms with E-state index in [0.717, 1.165) is 6.29 Å². The molecule has 0 fully saturated rings. The van der Waals surface area contributed by atoms with Gasteiger partial charge in [0.2, 0.25) is 0 Å². The van der Waals surface area contributed by atoms with Crippen molar-refractivity contribution in [3.05, 3.63) is 0 Å². The van der Waals surface area contributed by atoms with Crippen molar-refractivity contribution in [1.82, 2.24) is 0 Å². The second-order valence-electron chi connectivity index (χ2n) is 2.24. The van der Waals surface area contributed by atoms with Gasteiger partial charge in [-0.1, -0.05) is 13.8 Å². The maximum absolute atomic E-state index is 9.97. The summed E-state index contributed by atoms with van der Waals surface area (Å²) in [6.07, 6.45) is 0.861. The third-order valence-electron chi connectivity index (χ3n) is 0.663. The van der Waals surface area contributed by atoms with Crippen molar-refractivity contribution in [2.45, 2.75) is 13.8 Å². The zero-order valence-electron chi connectivity index (χ0n) is 4.57. The molecule has 0 aliphatic rings. The van der Waals surface area contributed by atoms with Crippen LogP contribution in [0.1, 0.15) is 13.8 Å². The van der Waals surface area contributed by atoms with Gasteiger partial charge in [-0.2, -0.15) is 0 Å². The summed E-state index contributed by atoms with van der Waals surface area (Å²) in [5.41, 5.74) is -0.332. The Labute approximate surface area is 48.7 Å². The van der Waals surface area contributed by atoms with E-state index in [0.29, 0.717) is 5.88 Å². The van der Waals surface area contributed by atoms with Gasteiger partial charge in [0.05, 0.1) is 0 Å². The van der Waals surface area contributed by atoms with E-state index >= 15 is 0 Å². The lowest BCUT2D eigenvalue weighted by atomic mass is 10.00. The van der Waals surface area contributed by atoms with Gasteiger partial charge < -0.3 is 4.79 Å². The van der Waals surface area contributed by atoms with Gasteiger partial charge in [0.25, 0.3) is 0 Å². The maximum Gasteiger partial charge on any atom is 0.126 e. The van der Waals surface area contributed by atoms with Crippen LogP contribution in [0.15, 0.2) is 0 Å². The van der Waals surface area contributed by atoms with Gasteiger partial charge in [0, 0.05) is 11.3 Å². The van der Waals surface area contributed by atoms with Gasteiger partial charge in [-0.15, -0.1) is 11.6 Å². The predicted molar refractivity (Wildman–Crippen MR) is 30.6 cm³/mol. The molecule has 0 aromatic rings. The monoisotopic (exact) mass is 120 g/mol. The van der Waals surface area contributed by atoms with Crippen LogP contribution < -0.4 is 0 Å². The normalized spacial score (nSPS) is 11.3. The predicted octanol–water partition coefficient (Wildman–Crippen LogP) is 1.45. The Kier molecular flexibility index (Phi) is 2.30. The van der Waals surface area contributed by atoms with Crippen LogP contribution in [0.4, 0.5) is 0 Å². The Morgan fingerprint density at radius 3 is 2.14 bits per heavy atom. The van der Waals surface area contributed by atoms with Crippen LogP contribution in [0.2, 0.25) is 0 Å². The Bertz CT molecular complexity index is 68.5. The molecule has 0 unspecified atom stereocenters. The number of carbonyl (C=O) groups excluding carboxylic acids is 1. The first-order valence-electron chi connectivity index (χ1n) is 2.15. The largest absolute Gasteiger partial charge is 0.303 e. The zero-order chi connectivity index (χ0) is 5.91. The number of carbonyl (C=O) groups is 1. The van der Waals surface area contributed by atoms with Crippen molar-refractivity contribution in [2.24, 2.45) is 5.41 Å². The molecule has 0 aliphatic heterocycles. The highest BCUT2D eigenvalue weighted by Gasteiger charge is 2.12. The zero-order valence-corrected chi connectivity index (χ0v) is 5.33. The number of hydrogen-bond donors (Lipinski definition) is 0. The molecule has 0 aromatic heterocycles. The summed E-state index contributed by atoms with van der Waals surface area (Å²) in [7, 11) is 0. The summed E-state index contributed by atoms with van der Waals surface area (Å²) in [5.74, 6) is 0.399. The maximum atomic E-state index is 9.97. The Balaban J connectivity index is 3.58. The van der Waals surface area contributed by atoms with Crippen molar-refractivity contribution in [3.8, 4) is 0 Å². The highest BCUT2D eigenvalue weighted by Crippen LogP contribution is 2.11. The smallest absolute Gasteiger partial charge is 0.126 e. The molecule has 0 spiro atoms. The highest BCUT2D eigenvalue weighted by atomic mass is 35.5. The minimum Gasteiger partial charge on any atom is -0.303 e. The molecule has 0 saturated carbocycles. The summed E-state index contributed by atoms with van der Waals surface area (Å²) in [6, 6.07) is 0. The minimum absolute atomic E-state index is 0.332. The average molecular weight is 121 g/mol. The van der Waals surface area contributed by atoms with Crippen molar-refractivity contribution in [3.63, 3.8) is 0 Å². The molecule has 42 valence electrons. The summed E-state index contributed by atoms with van der Waals surface area (Å²) in [5, 5.41) is 0. The molecular formula is C5H9ClO. The lowest BCUT2D eigenvalue weighted by Crippen LogP contribution is -2.13. The van der Waals surface area contributed by atoms with Crippen molar-refractivity contribution in [1.29, 1.82) is 0 Å². The standard InChI is InChI=1S/C5H9ClO/c1-5(2,3-6)4-7/h4H,3H2,1-2H3. The van der Waals surface area contributed by atoms with Gasteiger partial charge >= 0.3 is 0 Å². The van der Waals surface area contributed by atoms with Crippen molar-refractivity contribution < 1.29 is 4.79 Å². The number of rotatable bonds is 2. The molecule has 0 radical (unpaired) electrons. The van der Waals surface area contributed by atoms with Crippen LogP contribution in [0.25, 0.3) is 0 Å². The average Bonchev–Trinajstić information content (AvgIpc) is 1.68. The molecular weight excluding hydrogens is 112 g/mol. The second kappa shape index (κ2) is 2.31. The van der Waals surface area contributed by atoms with Gasteiger partial charge in [-0.3, -0.25) is 0 Å². The molecule has 1 nitrogen and oxygen atoms in total. The van der Waals surface area contributed by atoms with E-state index in [-0.39, 0.29) is 5.41 Å². The van der Waals surface area contributed by atoms with Crippen LogP contribution in [-0.4, -0.2) is 12.2 Å². The number of halogens is 1. The number of aldehydes is 1. The summed E-state index contributed by atoms with van der Waals surface area (Å²) in [4.78, 5) is 9.97.